The average Bonchev–Trinajstić information content (AvgIpc) is 2.79. The van der Waals surface area contributed by atoms with Crippen molar-refractivity contribution in [1.29, 1.82) is 0 Å². The Morgan fingerprint density at radius 2 is 1.85 bits per heavy atom. The molecule has 0 fully saturated rings. The molecule has 1 N–H and O–H groups in total. The topological polar surface area (TPSA) is 51.2 Å². The van der Waals surface area contributed by atoms with Crippen LogP contribution in [0.25, 0.3) is 10.9 Å². The van der Waals surface area contributed by atoms with Crippen molar-refractivity contribution in [2.75, 3.05) is 5.32 Å². The summed E-state index contributed by atoms with van der Waals surface area (Å²) in [6.45, 7) is 1.95. The van der Waals surface area contributed by atoms with Crippen LogP contribution >= 0.6 is 23.4 Å². The van der Waals surface area contributed by atoms with E-state index in [0.717, 1.165) is 16.5 Å². The number of alkyl halides is 2. The van der Waals surface area contributed by atoms with E-state index in [1.807, 2.05) is 31.2 Å². The Morgan fingerprint density at radius 3 is 2.61 bits per heavy atom. The SMILES string of the molecule is Cc1ccc2cc(COC(=O)c3ccccc3Nc3ccc(SC(F)F)cc3)c(Cl)nc2c1. The molecule has 0 saturated carbocycles. The lowest BCUT2D eigenvalue weighted by Crippen LogP contribution is -2.08. The van der Waals surface area contributed by atoms with Crippen LogP contribution in [0, 0.1) is 6.92 Å². The monoisotopic (exact) mass is 484 g/mol. The highest BCUT2D eigenvalue weighted by Gasteiger charge is 2.15. The third-order valence-electron chi connectivity index (χ3n) is 4.86. The number of para-hydroxylation sites is 1. The van der Waals surface area contributed by atoms with Gasteiger partial charge in [0.25, 0.3) is 5.76 Å². The van der Waals surface area contributed by atoms with Crippen molar-refractivity contribution in [3.8, 4) is 0 Å². The molecule has 0 spiro atoms. The van der Waals surface area contributed by atoms with E-state index in [1.54, 1.807) is 48.5 Å². The van der Waals surface area contributed by atoms with E-state index in [2.05, 4.69) is 10.3 Å². The van der Waals surface area contributed by atoms with Gasteiger partial charge in [-0.05, 0) is 61.0 Å². The normalized spacial score (nSPS) is 11.1. The molecule has 0 aliphatic carbocycles. The fourth-order valence-corrected chi connectivity index (χ4v) is 3.96. The Labute approximate surface area is 198 Å². The maximum atomic E-state index is 12.8. The molecule has 4 nitrogen and oxygen atoms in total. The second-order valence-corrected chi connectivity index (χ2v) is 8.71. The molecule has 3 aromatic carbocycles. The minimum atomic E-state index is -2.48. The fraction of sp³-hybridized carbons (Fsp3) is 0.120. The van der Waals surface area contributed by atoms with Gasteiger partial charge in [0.15, 0.2) is 0 Å². The number of carbonyl (C=O) groups excluding carboxylic acids is 1. The quantitative estimate of drug-likeness (QED) is 0.166. The smallest absolute Gasteiger partial charge is 0.340 e. The van der Waals surface area contributed by atoms with Gasteiger partial charge in [0.05, 0.1) is 16.8 Å². The summed E-state index contributed by atoms with van der Waals surface area (Å²) in [5, 5.41) is 4.33. The predicted octanol–water partition coefficient (Wildman–Crippen LogP) is 7.61. The Balaban J connectivity index is 1.48. The molecule has 33 heavy (non-hydrogen) atoms. The summed E-state index contributed by atoms with van der Waals surface area (Å²) in [6.07, 6.45) is 0. The number of esters is 1. The van der Waals surface area contributed by atoms with Crippen molar-refractivity contribution in [3.63, 3.8) is 0 Å². The van der Waals surface area contributed by atoms with Gasteiger partial charge in [-0.25, -0.2) is 9.78 Å². The number of benzene rings is 3. The summed E-state index contributed by atoms with van der Waals surface area (Å²) in [4.78, 5) is 17.7. The lowest BCUT2D eigenvalue weighted by Gasteiger charge is -2.13. The molecule has 0 aliphatic heterocycles. The maximum Gasteiger partial charge on any atom is 0.340 e. The molecule has 0 unspecified atom stereocenters. The number of carbonyl (C=O) groups is 1. The number of nitrogens with zero attached hydrogens (tertiary/aromatic N) is 1. The van der Waals surface area contributed by atoms with E-state index in [4.69, 9.17) is 16.3 Å². The van der Waals surface area contributed by atoms with Crippen molar-refractivity contribution in [2.45, 2.75) is 24.2 Å². The second kappa shape index (κ2) is 10.2. The lowest BCUT2D eigenvalue weighted by molar-refractivity contribution is 0.0474. The number of anilines is 2. The van der Waals surface area contributed by atoms with Gasteiger partial charge in [-0.15, -0.1) is 0 Å². The molecule has 0 atom stereocenters. The van der Waals surface area contributed by atoms with Gasteiger partial charge in [-0.3, -0.25) is 0 Å². The third-order valence-corrected chi connectivity index (χ3v) is 5.91. The van der Waals surface area contributed by atoms with Gasteiger partial charge < -0.3 is 10.1 Å². The summed E-state index contributed by atoms with van der Waals surface area (Å²) in [5.74, 6) is -3.00. The minimum Gasteiger partial charge on any atom is -0.457 e. The fourth-order valence-electron chi connectivity index (χ4n) is 3.26. The van der Waals surface area contributed by atoms with Gasteiger partial charge in [0.2, 0.25) is 0 Å². The van der Waals surface area contributed by atoms with Crippen LogP contribution in [0.1, 0.15) is 21.5 Å². The number of hydrogen-bond acceptors (Lipinski definition) is 5. The molecule has 1 heterocycles. The first kappa shape index (κ1) is 23.0. The zero-order chi connectivity index (χ0) is 23.4. The summed E-state index contributed by atoms with van der Waals surface area (Å²) in [5.41, 5.74) is 4.00. The number of aromatic nitrogens is 1. The van der Waals surface area contributed by atoms with Crippen LogP contribution in [-0.4, -0.2) is 16.7 Å². The van der Waals surface area contributed by atoms with Gasteiger partial charge in [0, 0.05) is 21.5 Å². The largest absolute Gasteiger partial charge is 0.457 e. The maximum absolute atomic E-state index is 12.8. The number of rotatable bonds is 7. The molecule has 4 rings (SSSR count). The first-order valence-electron chi connectivity index (χ1n) is 10.0. The molecule has 4 aromatic rings. The van der Waals surface area contributed by atoms with Crippen LogP contribution < -0.4 is 5.32 Å². The van der Waals surface area contributed by atoms with Crippen LogP contribution in [0.2, 0.25) is 5.15 Å². The van der Waals surface area contributed by atoms with Crippen LogP contribution in [0.15, 0.2) is 77.7 Å². The number of pyridine rings is 1. The molecular weight excluding hydrogens is 466 g/mol. The van der Waals surface area contributed by atoms with Crippen LogP contribution in [-0.2, 0) is 11.3 Å². The standard InChI is InChI=1S/C25H19ClF2N2O2S/c1-15-6-7-16-13-17(23(26)30-22(16)12-15)14-32-24(31)20-4-2-3-5-21(20)29-18-8-10-19(11-9-18)33-25(27)28/h2-13,25,29H,14H2,1H3. The highest BCUT2D eigenvalue weighted by Crippen LogP contribution is 2.28. The molecule has 0 aliphatic rings. The number of nitrogens with one attached hydrogen (secondary N) is 1. The summed E-state index contributed by atoms with van der Waals surface area (Å²) in [6, 6.07) is 21.2. The molecule has 1 aromatic heterocycles. The molecule has 168 valence electrons. The summed E-state index contributed by atoms with van der Waals surface area (Å²) in [7, 11) is 0. The Bertz CT molecular complexity index is 1300. The van der Waals surface area contributed by atoms with Crippen molar-refractivity contribution < 1.29 is 18.3 Å². The highest BCUT2D eigenvalue weighted by atomic mass is 35.5. The van der Waals surface area contributed by atoms with E-state index in [1.165, 1.54) is 0 Å². The van der Waals surface area contributed by atoms with Crippen LogP contribution in [0.4, 0.5) is 20.2 Å². The number of halogens is 3. The zero-order valence-electron chi connectivity index (χ0n) is 17.5. The number of fused-ring (bicyclic) bond motifs is 1. The van der Waals surface area contributed by atoms with Crippen LogP contribution in [0.5, 0.6) is 0 Å². The van der Waals surface area contributed by atoms with E-state index >= 15 is 0 Å². The first-order chi connectivity index (χ1) is 15.9. The highest BCUT2D eigenvalue weighted by molar-refractivity contribution is 7.99. The molecule has 8 heteroatoms. The molecule has 0 radical (unpaired) electrons. The van der Waals surface area contributed by atoms with E-state index in [-0.39, 0.29) is 11.8 Å². The van der Waals surface area contributed by atoms with Crippen molar-refractivity contribution in [3.05, 3.63) is 94.6 Å². The van der Waals surface area contributed by atoms with Crippen LogP contribution in [0.3, 0.4) is 0 Å². The van der Waals surface area contributed by atoms with E-state index < -0.39 is 11.7 Å². The summed E-state index contributed by atoms with van der Waals surface area (Å²) >= 11 is 6.78. The average molecular weight is 485 g/mol. The Hall–Kier alpha value is -3.16. The predicted molar refractivity (Wildman–Crippen MR) is 129 cm³/mol. The Kier molecular flexibility index (Phi) is 7.11. The number of aryl methyl sites for hydroxylation is 1. The Morgan fingerprint density at radius 1 is 1.09 bits per heavy atom. The second-order valence-electron chi connectivity index (χ2n) is 7.28. The van der Waals surface area contributed by atoms with Gasteiger partial charge in [0.1, 0.15) is 11.8 Å². The summed E-state index contributed by atoms with van der Waals surface area (Å²) < 4.78 is 30.5. The van der Waals surface area contributed by atoms with Gasteiger partial charge in [-0.2, -0.15) is 8.78 Å². The van der Waals surface area contributed by atoms with Crippen molar-refractivity contribution >= 4 is 51.6 Å². The minimum absolute atomic E-state index is 0.0254. The first-order valence-corrected chi connectivity index (χ1v) is 11.3. The van der Waals surface area contributed by atoms with Crippen molar-refractivity contribution in [1.82, 2.24) is 4.98 Å². The van der Waals surface area contributed by atoms with Gasteiger partial charge in [-0.1, -0.05) is 47.6 Å². The molecule has 0 bridgehead atoms. The van der Waals surface area contributed by atoms with Crippen molar-refractivity contribution in [2.24, 2.45) is 0 Å². The number of thioether (sulfide) groups is 1. The molecule has 0 saturated heterocycles. The van der Waals surface area contributed by atoms with E-state index in [9.17, 15) is 13.6 Å². The lowest BCUT2D eigenvalue weighted by atomic mass is 10.1. The third kappa shape index (κ3) is 5.80. The van der Waals surface area contributed by atoms with Gasteiger partial charge >= 0.3 is 5.97 Å². The number of hydrogen-bond donors (Lipinski definition) is 1. The zero-order valence-corrected chi connectivity index (χ0v) is 19.1. The molecular formula is C25H19ClF2N2O2S. The number of ether oxygens (including phenoxy) is 1. The van der Waals surface area contributed by atoms with E-state index in [0.29, 0.717) is 39.2 Å². The molecule has 0 amide bonds.